The van der Waals surface area contributed by atoms with Crippen molar-refractivity contribution in [3.8, 4) is 0 Å². The predicted octanol–water partition coefficient (Wildman–Crippen LogP) is 3.08. The van der Waals surface area contributed by atoms with Gasteiger partial charge in [0.25, 0.3) is 0 Å². The van der Waals surface area contributed by atoms with E-state index in [0.29, 0.717) is 0 Å². The SMILES string of the molecule is CCc1c[nH]c2ncnc(N3CCC(C(=O)OC(C)(C)C)CC3)c12. The summed E-state index contributed by atoms with van der Waals surface area (Å²) in [7, 11) is 0. The second-order valence-corrected chi connectivity index (χ2v) is 7.38. The van der Waals surface area contributed by atoms with Crippen molar-refractivity contribution in [2.75, 3.05) is 18.0 Å². The summed E-state index contributed by atoms with van der Waals surface area (Å²) in [4.78, 5) is 26.6. The summed E-state index contributed by atoms with van der Waals surface area (Å²) in [6.45, 7) is 9.49. The molecule has 2 aromatic rings. The number of aryl methyl sites for hydroxylation is 1. The third kappa shape index (κ3) is 3.37. The predicted molar refractivity (Wildman–Crippen MR) is 94.0 cm³/mol. The molecule has 2 aromatic heterocycles. The quantitative estimate of drug-likeness (QED) is 0.876. The van der Waals surface area contributed by atoms with Gasteiger partial charge in [0.15, 0.2) is 0 Å². The molecule has 1 aliphatic heterocycles. The number of esters is 1. The first-order valence-electron chi connectivity index (χ1n) is 8.68. The Hall–Kier alpha value is -2.11. The Morgan fingerprint density at radius 2 is 2.04 bits per heavy atom. The minimum Gasteiger partial charge on any atom is -0.460 e. The van der Waals surface area contributed by atoms with Crippen LogP contribution in [0.3, 0.4) is 0 Å². The van der Waals surface area contributed by atoms with Crippen LogP contribution < -0.4 is 4.90 Å². The first kappa shape index (κ1) is 16.7. The lowest BCUT2D eigenvalue weighted by atomic mass is 9.96. The van der Waals surface area contributed by atoms with Gasteiger partial charge in [-0.2, -0.15) is 0 Å². The highest BCUT2D eigenvalue weighted by molar-refractivity contribution is 5.91. The lowest BCUT2D eigenvalue weighted by Gasteiger charge is -2.33. The number of aromatic amines is 1. The number of hydrogen-bond acceptors (Lipinski definition) is 5. The number of anilines is 1. The number of carbonyl (C=O) groups is 1. The maximum absolute atomic E-state index is 12.3. The summed E-state index contributed by atoms with van der Waals surface area (Å²) in [6.07, 6.45) is 6.15. The molecule has 0 aliphatic carbocycles. The van der Waals surface area contributed by atoms with Crippen LogP contribution in [0.15, 0.2) is 12.5 Å². The molecule has 3 rings (SSSR count). The normalized spacial score (nSPS) is 16.6. The summed E-state index contributed by atoms with van der Waals surface area (Å²) in [5.41, 5.74) is 1.69. The molecule has 0 aromatic carbocycles. The minimum atomic E-state index is -0.422. The van der Waals surface area contributed by atoms with E-state index in [1.807, 2.05) is 27.0 Å². The molecule has 0 radical (unpaired) electrons. The molecule has 0 spiro atoms. The van der Waals surface area contributed by atoms with Gasteiger partial charge in [-0.25, -0.2) is 9.97 Å². The second kappa shape index (κ2) is 6.42. The average Bonchev–Trinajstić information content (AvgIpc) is 2.96. The molecule has 0 bridgehead atoms. The molecule has 24 heavy (non-hydrogen) atoms. The number of nitrogens with one attached hydrogen (secondary N) is 1. The van der Waals surface area contributed by atoms with Gasteiger partial charge >= 0.3 is 5.97 Å². The number of rotatable bonds is 3. The number of nitrogens with zero attached hydrogens (tertiary/aromatic N) is 3. The van der Waals surface area contributed by atoms with Crippen molar-refractivity contribution < 1.29 is 9.53 Å². The van der Waals surface area contributed by atoms with E-state index in [9.17, 15) is 4.79 Å². The second-order valence-electron chi connectivity index (χ2n) is 7.38. The highest BCUT2D eigenvalue weighted by Gasteiger charge is 2.30. The van der Waals surface area contributed by atoms with Crippen molar-refractivity contribution in [3.63, 3.8) is 0 Å². The van der Waals surface area contributed by atoms with E-state index in [0.717, 1.165) is 49.2 Å². The maximum atomic E-state index is 12.3. The average molecular weight is 330 g/mol. The van der Waals surface area contributed by atoms with Gasteiger partial charge in [-0.15, -0.1) is 0 Å². The summed E-state index contributed by atoms with van der Waals surface area (Å²) in [5.74, 6) is 0.876. The van der Waals surface area contributed by atoms with Crippen LogP contribution in [0.25, 0.3) is 11.0 Å². The molecule has 3 heterocycles. The molecule has 1 saturated heterocycles. The smallest absolute Gasteiger partial charge is 0.309 e. The number of ether oxygens (including phenoxy) is 1. The molecule has 0 unspecified atom stereocenters. The molecule has 0 saturated carbocycles. The van der Waals surface area contributed by atoms with Gasteiger partial charge < -0.3 is 14.6 Å². The zero-order valence-corrected chi connectivity index (χ0v) is 14.9. The van der Waals surface area contributed by atoms with Gasteiger partial charge in [-0.05, 0) is 45.6 Å². The van der Waals surface area contributed by atoms with E-state index < -0.39 is 5.60 Å². The van der Waals surface area contributed by atoms with E-state index in [2.05, 4.69) is 26.8 Å². The molecule has 1 N–H and O–H groups in total. The van der Waals surface area contributed by atoms with E-state index >= 15 is 0 Å². The van der Waals surface area contributed by atoms with E-state index in [-0.39, 0.29) is 11.9 Å². The fraction of sp³-hybridized carbons (Fsp3) is 0.611. The first-order chi connectivity index (χ1) is 11.4. The van der Waals surface area contributed by atoms with Gasteiger partial charge in [0, 0.05) is 19.3 Å². The topological polar surface area (TPSA) is 71.1 Å². The van der Waals surface area contributed by atoms with Crippen LogP contribution >= 0.6 is 0 Å². The standard InChI is InChI=1S/C18H26N4O2/c1-5-12-10-19-15-14(12)16(21-11-20-15)22-8-6-13(7-9-22)17(23)24-18(2,3)4/h10-11,13H,5-9H2,1-4H3,(H,19,20,21). The Morgan fingerprint density at radius 1 is 1.33 bits per heavy atom. The van der Waals surface area contributed by atoms with Crippen molar-refractivity contribution in [2.24, 2.45) is 5.92 Å². The largest absolute Gasteiger partial charge is 0.460 e. The zero-order chi connectivity index (χ0) is 17.3. The molecule has 0 atom stereocenters. The lowest BCUT2D eigenvalue weighted by Crippen LogP contribution is -2.39. The molecule has 1 fully saturated rings. The fourth-order valence-electron chi connectivity index (χ4n) is 3.24. The first-order valence-corrected chi connectivity index (χ1v) is 8.68. The van der Waals surface area contributed by atoms with E-state index in [1.165, 1.54) is 5.56 Å². The van der Waals surface area contributed by atoms with Crippen molar-refractivity contribution in [3.05, 3.63) is 18.1 Å². The Bertz CT molecular complexity index is 724. The molecular weight excluding hydrogens is 304 g/mol. The van der Waals surface area contributed by atoms with Crippen LogP contribution in [0.5, 0.6) is 0 Å². The number of aromatic nitrogens is 3. The highest BCUT2D eigenvalue weighted by Crippen LogP contribution is 2.30. The third-order valence-corrected chi connectivity index (χ3v) is 4.45. The van der Waals surface area contributed by atoms with Crippen molar-refractivity contribution in [1.29, 1.82) is 0 Å². The van der Waals surface area contributed by atoms with Crippen molar-refractivity contribution in [2.45, 2.75) is 52.6 Å². The molecule has 130 valence electrons. The molecule has 1 aliphatic rings. The zero-order valence-electron chi connectivity index (χ0n) is 14.9. The molecule has 6 nitrogen and oxygen atoms in total. The van der Waals surface area contributed by atoms with Crippen LogP contribution in [0, 0.1) is 5.92 Å². The van der Waals surface area contributed by atoms with Crippen molar-refractivity contribution >= 4 is 22.8 Å². The number of H-pyrrole nitrogens is 1. The maximum Gasteiger partial charge on any atom is 0.309 e. The summed E-state index contributed by atoms with van der Waals surface area (Å²) >= 11 is 0. The number of piperidine rings is 1. The monoisotopic (exact) mass is 330 g/mol. The van der Waals surface area contributed by atoms with Crippen LogP contribution in [-0.4, -0.2) is 39.6 Å². The third-order valence-electron chi connectivity index (χ3n) is 4.45. The fourth-order valence-corrected chi connectivity index (χ4v) is 3.24. The Labute approximate surface area is 142 Å². The van der Waals surface area contributed by atoms with E-state index in [4.69, 9.17) is 4.74 Å². The van der Waals surface area contributed by atoms with Crippen LogP contribution in [0.4, 0.5) is 5.82 Å². The Balaban J connectivity index is 1.74. The molecular formula is C18H26N4O2. The van der Waals surface area contributed by atoms with Crippen molar-refractivity contribution in [1.82, 2.24) is 15.0 Å². The summed E-state index contributed by atoms with van der Waals surface area (Å²) in [6, 6.07) is 0. The summed E-state index contributed by atoms with van der Waals surface area (Å²) in [5, 5.41) is 1.11. The summed E-state index contributed by atoms with van der Waals surface area (Å²) < 4.78 is 5.52. The highest BCUT2D eigenvalue weighted by atomic mass is 16.6. The molecule has 0 amide bonds. The number of carbonyl (C=O) groups excluding carboxylic acids is 1. The van der Waals surface area contributed by atoms with Gasteiger partial charge in [0.05, 0.1) is 11.3 Å². The molecule has 6 heteroatoms. The van der Waals surface area contributed by atoms with Crippen LogP contribution in [0.2, 0.25) is 0 Å². The van der Waals surface area contributed by atoms with Gasteiger partial charge in [-0.3, -0.25) is 4.79 Å². The van der Waals surface area contributed by atoms with Gasteiger partial charge in [-0.1, -0.05) is 6.92 Å². The van der Waals surface area contributed by atoms with Crippen LogP contribution in [0.1, 0.15) is 46.1 Å². The van der Waals surface area contributed by atoms with Gasteiger partial charge in [0.1, 0.15) is 23.4 Å². The minimum absolute atomic E-state index is 0.0188. The van der Waals surface area contributed by atoms with E-state index in [1.54, 1.807) is 6.33 Å². The van der Waals surface area contributed by atoms with Crippen LogP contribution in [-0.2, 0) is 16.0 Å². The Morgan fingerprint density at radius 3 is 2.67 bits per heavy atom. The lowest BCUT2D eigenvalue weighted by molar-refractivity contribution is -0.160. The number of fused-ring (bicyclic) bond motifs is 1. The number of hydrogen-bond donors (Lipinski definition) is 1. The van der Waals surface area contributed by atoms with Gasteiger partial charge in [0.2, 0.25) is 0 Å². The Kier molecular flexibility index (Phi) is 4.47.